The van der Waals surface area contributed by atoms with Crippen LogP contribution in [0.25, 0.3) is 11.3 Å². The number of hydrogen-bond donors (Lipinski definition) is 1. The summed E-state index contributed by atoms with van der Waals surface area (Å²) in [6, 6.07) is 9.96. The minimum Gasteiger partial charge on any atom is -0.480 e. The molecule has 0 aliphatic carbocycles. The number of likely N-dealkylation sites (tertiary alicyclic amines) is 1. The number of oxazole rings is 1. The third kappa shape index (κ3) is 3.29. The van der Waals surface area contributed by atoms with Crippen molar-refractivity contribution in [1.82, 2.24) is 9.88 Å². The molecule has 23 heavy (non-hydrogen) atoms. The highest BCUT2D eigenvalue weighted by molar-refractivity contribution is 5.69. The summed E-state index contributed by atoms with van der Waals surface area (Å²) in [6.45, 7) is 4.97. The van der Waals surface area contributed by atoms with Gasteiger partial charge >= 0.3 is 5.97 Å². The lowest BCUT2D eigenvalue weighted by atomic mass is 10.0. The Kier molecular flexibility index (Phi) is 4.48. The average Bonchev–Trinajstić information content (AvgIpc) is 3.13. The standard InChI is InChI=1S/C18H22N2O3/c1-12(2)17-16(13-7-4-3-5-8-13)19-18(23-17)14-9-6-10-20(14)11-15(21)22/h3-5,7-8,12,14H,6,9-11H2,1-2H3,(H,21,22). The van der Waals surface area contributed by atoms with Crippen molar-refractivity contribution in [3.05, 3.63) is 42.0 Å². The van der Waals surface area contributed by atoms with Gasteiger partial charge in [0, 0.05) is 11.5 Å². The summed E-state index contributed by atoms with van der Waals surface area (Å²) >= 11 is 0. The zero-order valence-electron chi connectivity index (χ0n) is 13.5. The predicted molar refractivity (Wildman–Crippen MR) is 87.2 cm³/mol. The van der Waals surface area contributed by atoms with Crippen molar-refractivity contribution in [2.75, 3.05) is 13.1 Å². The fourth-order valence-corrected chi connectivity index (χ4v) is 3.15. The second kappa shape index (κ2) is 6.54. The molecule has 0 radical (unpaired) electrons. The quantitative estimate of drug-likeness (QED) is 0.911. The molecule has 1 atom stereocenters. The van der Waals surface area contributed by atoms with Gasteiger partial charge in [0.25, 0.3) is 0 Å². The van der Waals surface area contributed by atoms with Crippen molar-refractivity contribution in [2.24, 2.45) is 0 Å². The third-order valence-corrected chi connectivity index (χ3v) is 4.23. The zero-order valence-corrected chi connectivity index (χ0v) is 13.5. The molecule has 0 spiro atoms. The van der Waals surface area contributed by atoms with Crippen LogP contribution in [0, 0.1) is 0 Å². The van der Waals surface area contributed by atoms with Crippen molar-refractivity contribution in [3.63, 3.8) is 0 Å². The van der Waals surface area contributed by atoms with Crippen LogP contribution in [0.2, 0.25) is 0 Å². The van der Waals surface area contributed by atoms with E-state index in [9.17, 15) is 4.79 Å². The first-order valence-corrected chi connectivity index (χ1v) is 8.08. The van der Waals surface area contributed by atoms with Crippen LogP contribution in [-0.2, 0) is 4.79 Å². The highest BCUT2D eigenvalue weighted by atomic mass is 16.4. The third-order valence-electron chi connectivity index (χ3n) is 4.23. The van der Waals surface area contributed by atoms with E-state index >= 15 is 0 Å². The Labute approximate surface area is 135 Å². The molecule has 1 aliphatic heterocycles. The molecule has 0 saturated carbocycles. The van der Waals surface area contributed by atoms with Crippen LogP contribution in [-0.4, -0.2) is 34.0 Å². The van der Waals surface area contributed by atoms with Gasteiger partial charge in [0.2, 0.25) is 5.89 Å². The molecule has 3 rings (SSSR count). The second-order valence-electron chi connectivity index (χ2n) is 6.31. The molecule has 1 aliphatic rings. The maximum Gasteiger partial charge on any atom is 0.317 e. The normalized spacial score (nSPS) is 18.7. The van der Waals surface area contributed by atoms with Crippen molar-refractivity contribution in [2.45, 2.75) is 38.6 Å². The van der Waals surface area contributed by atoms with Crippen LogP contribution in [0.5, 0.6) is 0 Å². The van der Waals surface area contributed by atoms with E-state index in [1.54, 1.807) is 0 Å². The lowest BCUT2D eigenvalue weighted by Gasteiger charge is -2.19. The molecule has 1 saturated heterocycles. The molecule has 1 N–H and O–H groups in total. The largest absolute Gasteiger partial charge is 0.480 e. The lowest BCUT2D eigenvalue weighted by molar-refractivity contribution is -0.138. The van der Waals surface area contributed by atoms with E-state index in [1.807, 2.05) is 35.2 Å². The summed E-state index contributed by atoms with van der Waals surface area (Å²) in [5.74, 6) is 0.927. The number of hydrogen-bond acceptors (Lipinski definition) is 4. The molecule has 1 fully saturated rings. The zero-order chi connectivity index (χ0) is 16.4. The van der Waals surface area contributed by atoms with Crippen molar-refractivity contribution < 1.29 is 14.3 Å². The van der Waals surface area contributed by atoms with Crippen molar-refractivity contribution >= 4 is 5.97 Å². The van der Waals surface area contributed by atoms with Crippen molar-refractivity contribution in [1.29, 1.82) is 0 Å². The molecule has 5 nitrogen and oxygen atoms in total. The topological polar surface area (TPSA) is 66.6 Å². The van der Waals surface area contributed by atoms with Gasteiger partial charge in [0.05, 0.1) is 12.6 Å². The SMILES string of the molecule is CC(C)c1oc(C2CCCN2CC(=O)O)nc1-c1ccccc1. The van der Waals surface area contributed by atoms with Crippen LogP contribution in [0.1, 0.15) is 50.3 Å². The Hall–Kier alpha value is -2.14. The summed E-state index contributed by atoms with van der Waals surface area (Å²) in [4.78, 5) is 17.7. The number of carbonyl (C=O) groups is 1. The minimum atomic E-state index is -0.809. The Balaban J connectivity index is 1.96. The molecule has 0 amide bonds. The van der Waals surface area contributed by atoms with Gasteiger partial charge in [-0.15, -0.1) is 0 Å². The highest BCUT2D eigenvalue weighted by Gasteiger charge is 2.32. The van der Waals surface area contributed by atoms with E-state index in [0.29, 0.717) is 5.89 Å². The molecular weight excluding hydrogens is 292 g/mol. The van der Waals surface area contributed by atoms with Gasteiger partial charge in [-0.05, 0) is 19.4 Å². The molecule has 0 bridgehead atoms. The Morgan fingerprint density at radius 3 is 2.78 bits per heavy atom. The van der Waals surface area contributed by atoms with Crippen LogP contribution < -0.4 is 0 Å². The molecule has 1 aromatic carbocycles. The molecule has 2 aromatic rings. The Bertz CT molecular complexity index is 679. The van der Waals surface area contributed by atoms with E-state index in [0.717, 1.165) is 36.4 Å². The van der Waals surface area contributed by atoms with Gasteiger partial charge in [-0.2, -0.15) is 0 Å². The van der Waals surface area contributed by atoms with E-state index < -0.39 is 5.97 Å². The van der Waals surface area contributed by atoms with E-state index in [1.165, 1.54) is 0 Å². The minimum absolute atomic E-state index is 0.0325. The van der Waals surface area contributed by atoms with Crippen LogP contribution in [0.3, 0.4) is 0 Å². The Morgan fingerprint density at radius 1 is 1.39 bits per heavy atom. The first-order chi connectivity index (χ1) is 11.1. The Morgan fingerprint density at radius 2 is 2.13 bits per heavy atom. The average molecular weight is 314 g/mol. The number of aliphatic carboxylic acids is 1. The van der Waals surface area contributed by atoms with Crippen molar-refractivity contribution in [3.8, 4) is 11.3 Å². The van der Waals surface area contributed by atoms with Gasteiger partial charge in [0.15, 0.2) is 0 Å². The maximum atomic E-state index is 11.0. The number of nitrogens with zero attached hydrogens (tertiary/aromatic N) is 2. The summed E-state index contributed by atoms with van der Waals surface area (Å²) in [6.07, 6.45) is 1.86. The second-order valence-corrected chi connectivity index (χ2v) is 6.31. The van der Waals surface area contributed by atoms with E-state index in [2.05, 4.69) is 13.8 Å². The van der Waals surface area contributed by atoms with Gasteiger partial charge < -0.3 is 9.52 Å². The number of carboxylic acid groups (broad SMARTS) is 1. The van der Waals surface area contributed by atoms with Gasteiger partial charge in [-0.1, -0.05) is 44.2 Å². The number of carboxylic acids is 1. The summed E-state index contributed by atoms with van der Waals surface area (Å²) < 4.78 is 6.08. The predicted octanol–water partition coefficient (Wildman–Crippen LogP) is 3.69. The summed E-state index contributed by atoms with van der Waals surface area (Å²) in [5, 5.41) is 9.07. The van der Waals surface area contributed by atoms with E-state index in [4.69, 9.17) is 14.5 Å². The maximum absolute atomic E-state index is 11.0. The first kappa shape index (κ1) is 15.7. The number of aromatic nitrogens is 1. The number of benzene rings is 1. The van der Waals surface area contributed by atoms with Crippen LogP contribution in [0.4, 0.5) is 0 Å². The summed E-state index contributed by atoms with van der Waals surface area (Å²) in [7, 11) is 0. The monoisotopic (exact) mass is 314 g/mol. The summed E-state index contributed by atoms with van der Waals surface area (Å²) in [5.41, 5.74) is 1.91. The molecule has 1 aromatic heterocycles. The fourth-order valence-electron chi connectivity index (χ4n) is 3.15. The van der Waals surface area contributed by atoms with Crippen LogP contribution in [0.15, 0.2) is 34.7 Å². The first-order valence-electron chi connectivity index (χ1n) is 8.08. The number of rotatable bonds is 5. The van der Waals surface area contributed by atoms with Crippen LogP contribution >= 0.6 is 0 Å². The van der Waals surface area contributed by atoms with E-state index in [-0.39, 0.29) is 18.5 Å². The molecule has 2 heterocycles. The molecular formula is C18H22N2O3. The fraction of sp³-hybridized carbons (Fsp3) is 0.444. The van der Waals surface area contributed by atoms with Gasteiger partial charge in [-0.3, -0.25) is 9.69 Å². The smallest absolute Gasteiger partial charge is 0.317 e. The lowest BCUT2D eigenvalue weighted by Crippen LogP contribution is -2.29. The molecule has 5 heteroatoms. The van der Waals surface area contributed by atoms with Gasteiger partial charge in [0.1, 0.15) is 11.5 Å². The van der Waals surface area contributed by atoms with Gasteiger partial charge in [-0.25, -0.2) is 4.98 Å². The molecule has 1 unspecified atom stereocenters. The highest BCUT2D eigenvalue weighted by Crippen LogP contribution is 2.36. The molecule has 122 valence electrons.